The SMILES string of the molecule is CCCCCCNc1ccc(C#N)cc1Br. The summed E-state index contributed by atoms with van der Waals surface area (Å²) in [5, 5.41) is 12.1. The molecule has 16 heavy (non-hydrogen) atoms. The van der Waals surface area contributed by atoms with Crippen molar-refractivity contribution in [1.82, 2.24) is 0 Å². The number of nitriles is 1. The monoisotopic (exact) mass is 280 g/mol. The van der Waals surface area contributed by atoms with E-state index < -0.39 is 0 Å². The molecule has 0 aliphatic heterocycles. The van der Waals surface area contributed by atoms with Gasteiger partial charge < -0.3 is 5.32 Å². The number of rotatable bonds is 6. The van der Waals surface area contributed by atoms with Crippen molar-refractivity contribution in [3.63, 3.8) is 0 Å². The van der Waals surface area contributed by atoms with E-state index in [1.54, 1.807) is 0 Å². The highest BCUT2D eigenvalue weighted by molar-refractivity contribution is 9.10. The van der Waals surface area contributed by atoms with Gasteiger partial charge in [-0.2, -0.15) is 5.26 Å². The number of nitrogens with one attached hydrogen (secondary N) is 1. The Morgan fingerprint density at radius 1 is 1.31 bits per heavy atom. The predicted octanol–water partition coefficient (Wildman–Crippen LogP) is 4.31. The summed E-state index contributed by atoms with van der Waals surface area (Å²) in [7, 11) is 0. The van der Waals surface area contributed by atoms with Gasteiger partial charge in [0.1, 0.15) is 0 Å². The van der Waals surface area contributed by atoms with Gasteiger partial charge in [0, 0.05) is 16.7 Å². The molecular weight excluding hydrogens is 264 g/mol. The van der Waals surface area contributed by atoms with Gasteiger partial charge in [0.25, 0.3) is 0 Å². The first-order valence-corrected chi connectivity index (χ1v) is 6.50. The third-order valence-electron chi connectivity index (χ3n) is 2.44. The van der Waals surface area contributed by atoms with Gasteiger partial charge in [-0.1, -0.05) is 26.2 Å². The number of anilines is 1. The van der Waals surface area contributed by atoms with E-state index >= 15 is 0 Å². The minimum absolute atomic E-state index is 0.684. The van der Waals surface area contributed by atoms with Crippen molar-refractivity contribution in [2.45, 2.75) is 32.6 Å². The molecule has 86 valence electrons. The number of hydrogen-bond donors (Lipinski definition) is 1. The molecule has 1 aromatic carbocycles. The first-order valence-electron chi connectivity index (χ1n) is 5.71. The molecule has 1 N–H and O–H groups in total. The Kier molecular flexibility index (Phi) is 5.95. The molecule has 0 unspecified atom stereocenters. The summed E-state index contributed by atoms with van der Waals surface area (Å²) in [5.41, 5.74) is 1.75. The maximum Gasteiger partial charge on any atom is 0.0992 e. The van der Waals surface area contributed by atoms with Gasteiger partial charge in [0.05, 0.1) is 11.6 Å². The van der Waals surface area contributed by atoms with Crippen LogP contribution in [0.1, 0.15) is 38.2 Å². The van der Waals surface area contributed by atoms with Gasteiger partial charge in [0.2, 0.25) is 0 Å². The largest absolute Gasteiger partial charge is 0.384 e. The summed E-state index contributed by atoms with van der Waals surface area (Å²) < 4.78 is 0.960. The zero-order chi connectivity index (χ0) is 11.8. The third-order valence-corrected chi connectivity index (χ3v) is 3.10. The molecule has 1 rings (SSSR count). The number of unbranched alkanes of at least 4 members (excludes halogenated alkanes) is 3. The van der Waals surface area contributed by atoms with E-state index in [9.17, 15) is 0 Å². The van der Waals surface area contributed by atoms with Crippen LogP contribution in [0, 0.1) is 11.3 Å². The van der Waals surface area contributed by atoms with Gasteiger partial charge in [-0.15, -0.1) is 0 Å². The van der Waals surface area contributed by atoms with Gasteiger partial charge in [-0.25, -0.2) is 0 Å². The molecule has 0 aliphatic carbocycles. The van der Waals surface area contributed by atoms with Crippen molar-refractivity contribution in [3.8, 4) is 6.07 Å². The van der Waals surface area contributed by atoms with Crippen molar-refractivity contribution in [1.29, 1.82) is 5.26 Å². The van der Waals surface area contributed by atoms with Gasteiger partial charge in [-0.3, -0.25) is 0 Å². The van der Waals surface area contributed by atoms with Crippen LogP contribution in [0.2, 0.25) is 0 Å². The fourth-order valence-corrected chi connectivity index (χ4v) is 2.02. The molecule has 0 aromatic heterocycles. The van der Waals surface area contributed by atoms with Gasteiger partial charge in [0.15, 0.2) is 0 Å². The topological polar surface area (TPSA) is 35.8 Å². The first kappa shape index (κ1) is 13.1. The summed E-state index contributed by atoms with van der Waals surface area (Å²) in [5.74, 6) is 0. The maximum absolute atomic E-state index is 8.73. The minimum Gasteiger partial charge on any atom is -0.384 e. The number of benzene rings is 1. The van der Waals surface area contributed by atoms with Crippen LogP contribution < -0.4 is 5.32 Å². The fourth-order valence-electron chi connectivity index (χ4n) is 1.50. The van der Waals surface area contributed by atoms with Crippen LogP contribution in [-0.4, -0.2) is 6.54 Å². The molecule has 0 spiro atoms. The second kappa shape index (κ2) is 7.29. The van der Waals surface area contributed by atoms with Crippen LogP contribution in [-0.2, 0) is 0 Å². The summed E-state index contributed by atoms with van der Waals surface area (Å²) in [6, 6.07) is 7.74. The molecule has 0 fully saturated rings. The molecule has 0 aliphatic rings. The molecule has 3 heteroatoms. The van der Waals surface area contributed by atoms with Crippen LogP contribution in [0.5, 0.6) is 0 Å². The molecule has 2 nitrogen and oxygen atoms in total. The van der Waals surface area contributed by atoms with E-state index in [2.05, 4.69) is 34.2 Å². The Balaban J connectivity index is 2.40. The highest BCUT2D eigenvalue weighted by atomic mass is 79.9. The summed E-state index contributed by atoms with van der Waals surface area (Å²) in [6.45, 7) is 3.20. The minimum atomic E-state index is 0.684. The lowest BCUT2D eigenvalue weighted by molar-refractivity contribution is 0.685. The van der Waals surface area contributed by atoms with Gasteiger partial charge >= 0.3 is 0 Å². The number of nitrogens with zero attached hydrogens (tertiary/aromatic N) is 1. The second-order valence-electron chi connectivity index (χ2n) is 3.79. The normalized spacial score (nSPS) is 9.81. The number of halogens is 1. The van der Waals surface area contributed by atoms with E-state index in [0.717, 1.165) is 16.7 Å². The van der Waals surface area contributed by atoms with Crippen LogP contribution in [0.4, 0.5) is 5.69 Å². The van der Waals surface area contributed by atoms with E-state index in [-0.39, 0.29) is 0 Å². The highest BCUT2D eigenvalue weighted by Crippen LogP contribution is 2.23. The maximum atomic E-state index is 8.73. The molecule has 0 bridgehead atoms. The lowest BCUT2D eigenvalue weighted by Gasteiger charge is -2.08. The molecule has 0 atom stereocenters. The third kappa shape index (κ3) is 4.24. The lowest BCUT2D eigenvalue weighted by atomic mass is 10.2. The standard InChI is InChI=1S/C13H17BrN2/c1-2-3-4-5-8-16-13-7-6-11(10-15)9-12(13)14/h6-7,9,16H,2-5,8H2,1H3. The predicted molar refractivity (Wildman–Crippen MR) is 71.5 cm³/mol. The lowest BCUT2D eigenvalue weighted by Crippen LogP contribution is -2.02. The average Bonchev–Trinajstić information content (AvgIpc) is 2.30. The first-order chi connectivity index (χ1) is 7.77. The molecule has 0 saturated carbocycles. The smallest absolute Gasteiger partial charge is 0.0992 e. The summed E-state index contributed by atoms with van der Waals surface area (Å²) in [6.07, 6.45) is 5.04. The second-order valence-corrected chi connectivity index (χ2v) is 4.65. The molecule has 1 aromatic rings. The highest BCUT2D eigenvalue weighted by Gasteiger charge is 2.00. The average molecular weight is 281 g/mol. The molecule has 0 saturated heterocycles. The quantitative estimate of drug-likeness (QED) is 0.788. The van der Waals surface area contributed by atoms with E-state index in [1.165, 1.54) is 25.7 Å². The zero-order valence-corrected chi connectivity index (χ0v) is 11.2. The van der Waals surface area contributed by atoms with Crippen molar-refractivity contribution in [3.05, 3.63) is 28.2 Å². The molecule has 0 heterocycles. The van der Waals surface area contributed by atoms with Crippen molar-refractivity contribution in [2.75, 3.05) is 11.9 Å². The molecule has 0 amide bonds. The van der Waals surface area contributed by atoms with Crippen LogP contribution >= 0.6 is 15.9 Å². The van der Waals surface area contributed by atoms with Crippen molar-refractivity contribution >= 4 is 21.6 Å². The number of hydrogen-bond acceptors (Lipinski definition) is 2. The van der Waals surface area contributed by atoms with Crippen LogP contribution in [0.15, 0.2) is 22.7 Å². The van der Waals surface area contributed by atoms with E-state index in [4.69, 9.17) is 5.26 Å². The Hall–Kier alpha value is -1.01. The van der Waals surface area contributed by atoms with Crippen molar-refractivity contribution in [2.24, 2.45) is 0 Å². The van der Waals surface area contributed by atoms with Crippen molar-refractivity contribution < 1.29 is 0 Å². The Morgan fingerprint density at radius 3 is 2.75 bits per heavy atom. The zero-order valence-electron chi connectivity index (χ0n) is 9.59. The van der Waals surface area contributed by atoms with Gasteiger partial charge in [-0.05, 0) is 40.5 Å². The Morgan fingerprint density at radius 2 is 2.12 bits per heavy atom. The van der Waals surface area contributed by atoms with E-state index in [0.29, 0.717) is 5.56 Å². The van der Waals surface area contributed by atoms with Crippen LogP contribution in [0.3, 0.4) is 0 Å². The molecular formula is C13H17BrN2. The summed E-state index contributed by atoms with van der Waals surface area (Å²) in [4.78, 5) is 0. The van der Waals surface area contributed by atoms with Crippen LogP contribution in [0.25, 0.3) is 0 Å². The Labute approximate surface area is 106 Å². The molecule has 0 radical (unpaired) electrons. The summed E-state index contributed by atoms with van der Waals surface area (Å²) >= 11 is 3.46. The van der Waals surface area contributed by atoms with E-state index in [1.807, 2.05) is 18.2 Å². The Bertz CT molecular complexity index is 369. The fraction of sp³-hybridized carbons (Fsp3) is 0.462.